The number of nitrogens with zero attached hydrogens (tertiary/aromatic N) is 3. The largest absolute Gasteiger partial charge is 0.492 e. The van der Waals surface area contributed by atoms with Crippen molar-refractivity contribution < 1.29 is 13.9 Å². The van der Waals surface area contributed by atoms with Crippen LogP contribution in [-0.2, 0) is 0 Å². The molecular weight excluding hydrogens is 349 g/mol. The van der Waals surface area contributed by atoms with Gasteiger partial charge in [0.1, 0.15) is 18.2 Å². The zero-order valence-electron chi connectivity index (χ0n) is 14.9. The molecule has 8 heteroatoms. The summed E-state index contributed by atoms with van der Waals surface area (Å²) in [6.45, 7) is 1.34. The van der Waals surface area contributed by atoms with Gasteiger partial charge in [-0.25, -0.2) is 4.39 Å². The highest BCUT2D eigenvalue weighted by Crippen LogP contribution is 2.25. The molecule has 0 saturated heterocycles. The van der Waals surface area contributed by atoms with Crippen molar-refractivity contribution in [3.8, 4) is 11.8 Å². The first-order valence-electron chi connectivity index (χ1n) is 8.24. The number of hydrogen-bond acceptors (Lipinski definition) is 5. The SMILES string of the molecule is CN(C)CCOc1ccc2c(NC(=O)c3cc(F)cc(C#N)c3)n[nH]c2c1. The average Bonchev–Trinajstić information content (AvgIpc) is 3.03. The molecule has 1 aromatic heterocycles. The van der Waals surface area contributed by atoms with Crippen molar-refractivity contribution >= 4 is 22.6 Å². The van der Waals surface area contributed by atoms with E-state index in [1.54, 1.807) is 18.2 Å². The standard InChI is InChI=1S/C19H18FN5O2/c1-25(2)5-6-27-15-3-4-16-17(10-15)23-24-18(16)22-19(26)13-7-12(11-21)8-14(20)9-13/h3-4,7-10H,5-6H2,1-2H3,(H2,22,23,24,26). The van der Waals surface area contributed by atoms with Crippen molar-refractivity contribution in [3.05, 3.63) is 53.3 Å². The van der Waals surface area contributed by atoms with E-state index in [1.165, 1.54) is 6.07 Å². The number of nitrogens with one attached hydrogen (secondary N) is 2. The fraction of sp³-hybridized carbons (Fsp3) is 0.211. The third kappa shape index (κ3) is 4.40. The third-order valence-electron chi connectivity index (χ3n) is 3.86. The van der Waals surface area contributed by atoms with Gasteiger partial charge in [-0.05, 0) is 44.4 Å². The van der Waals surface area contributed by atoms with E-state index < -0.39 is 11.7 Å². The Morgan fingerprint density at radius 2 is 2.15 bits per heavy atom. The number of fused-ring (bicyclic) bond motifs is 1. The van der Waals surface area contributed by atoms with E-state index in [4.69, 9.17) is 10.00 Å². The highest BCUT2D eigenvalue weighted by Gasteiger charge is 2.13. The number of amides is 1. The molecule has 3 aromatic rings. The van der Waals surface area contributed by atoms with Crippen molar-refractivity contribution in [3.63, 3.8) is 0 Å². The molecule has 0 aliphatic carbocycles. The number of rotatable bonds is 6. The molecule has 0 unspecified atom stereocenters. The van der Waals surface area contributed by atoms with E-state index in [0.29, 0.717) is 29.1 Å². The maximum Gasteiger partial charge on any atom is 0.257 e. The first-order valence-corrected chi connectivity index (χ1v) is 8.24. The van der Waals surface area contributed by atoms with E-state index >= 15 is 0 Å². The second-order valence-corrected chi connectivity index (χ2v) is 6.23. The molecule has 0 fully saturated rings. The Kier molecular flexibility index (Phi) is 5.33. The lowest BCUT2D eigenvalue weighted by Crippen LogP contribution is -2.19. The molecule has 7 nitrogen and oxygen atoms in total. The van der Waals surface area contributed by atoms with Gasteiger partial charge in [-0.3, -0.25) is 9.89 Å². The van der Waals surface area contributed by atoms with Crippen LogP contribution in [0, 0.1) is 17.1 Å². The fourth-order valence-corrected chi connectivity index (χ4v) is 2.49. The first-order chi connectivity index (χ1) is 13.0. The molecule has 2 aromatic carbocycles. The maximum absolute atomic E-state index is 13.5. The average molecular weight is 367 g/mol. The Labute approximate surface area is 155 Å². The zero-order valence-corrected chi connectivity index (χ0v) is 14.9. The number of H-pyrrole nitrogens is 1. The lowest BCUT2D eigenvalue weighted by Gasteiger charge is -2.10. The molecule has 0 atom stereocenters. The number of aromatic amines is 1. The molecule has 0 spiro atoms. The van der Waals surface area contributed by atoms with Gasteiger partial charge in [0.2, 0.25) is 0 Å². The van der Waals surface area contributed by atoms with E-state index in [2.05, 4.69) is 15.5 Å². The van der Waals surface area contributed by atoms with Crippen molar-refractivity contribution in [2.75, 3.05) is 32.6 Å². The van der Waals surface area contributed by atoms with Crippen molar-refractivity contribution in [1.29, 1.82) is 5.26 Å². The minimum absolute atomic E-state index is 0.0475. The Bertz CT molecular complexity index is 1020. The van der Waals surface area contributed by atoms with Gasteiger partial charge in [0.25, 0.3) is 5.91 Å². The van der Waals surface area contributed by atoms with Gasteiger partial charge in [-0.1, -0.05) is 0 Å². The molecule has 0 saturated carbocycles. The van der Waals surface area contributed by atoms with Crippen molar-refractivity contribution in [2.45, 2.75) is 0 Å². The number of carbonyl (C=O) groups excluding carboxylic acids is 1. The van der Waals surface area contributed by atoms with Crippen LogP contribution >= 0.6 is 0 Å². The topological polar surface area (TPSA) is 94.0 Å². The summed E-state index contributed by atoms with van der Waals surface area (Å²) in [6.07, 6.45) is 0. The molecule has 1 heterocycles. The second kappa shape index (κ2) is 7.85. The summed E-state index contributed by atoms with van der Waals surface area (Å²) in [6, 6.07) is 10.7. The predicted octanol–water partition coefficient (Wildman–Crippen LogP) is 2.77. The van der Waals surface area contributed by atoms with Crippen LogP contribution in [0.25, 0.3) is 10.9 Å². The van der Waals surface area contributed by atoms with Crippen LogP contribution in [0.2, 0.25) is 0 Å². The van der Waals surface area contributed by atoms with Crippen LogP contribution in [0.5, 0.6) is 5.75 Å². The van der Waals surface area contributed by atoms with Gasteiger partial charge in [0.05, 0.1) is 17.1 Å². The van der Waals surface area contributed by atoms with E-state index in [0.717, 1.165) is 18.7 Å². The van der Waals surface area contributed by atoms with Gasteiger partial charge in [0, 0.05) is 23.6 Å². The molecule has 2 N–H and O–H groups in total. The number of anilines is 1. The number of hydrogen-bond donors (Lipinski definition) is 2. The molecule has 0 aliphatic heterocycles. The summed E-state index contributed by atoms with van der Waals surface area (Å²) in [5.74, 6) is -0.191. The summed E-state index contributed by atoms with van der Waals surface area (Å²) in [5.41, 5.74) is 0.822. The summed E-state index contributed by atoms with van der Waals surface area (Å²) in [4.78, 5) is 14.4. The summed E-state index contributed by atoms with van der Waals surface area (Å²) in [5, 5.41) is 19.2. The molecule has 1 amide bonds. The monoisotopic (exact) mass is 367 g/mol. The number of halogens is 1. The Morgan fingerprint density at radius 1 is 1.33 bits per heavy atom. The number of nitriles is 1. The minimum Gasteiger partial charge on any atom is -0.492 e. The minimum atomic E-state index is -0.648. The molecule has 0 aliphatic rings. The van der Waals surface area contributed by atoms with Crippen molar-refractivity contribution in [1.82, 2.24) is 15.1 Å². The van der Waals surface area contributed by atoms with Gasteiger partial charge < -0.3 is 15.0 Å². The van der Waals surface area contributed by atoms with Gasteiger partial charge in [0.15, 0.2) is 5.82 Å². The van der Waals surface area contributed by atoms with Crippen LogP contribution < -0.4 is 10.1 Å². The number of benzene rings is 2. The van der Waals surface area contributed by atoms with Crippen LogP contribution in [0.4, 0.5) is 10.2 Å². The second-order valence-electron chi connectivity index (χ2n) is 6.23. The highest BCUT2D eigenvalue weighted by molar-refractivity contribution is 6.08. The molecule has 3 rings (SSSR count). The van der Waals surface area contributed by atoms with E-state index in [-0.39, 0.29) is 11.1 Å². The van der Waals surface area contributed by atoms with E-state index in [9.17, 15) is 9.18 Å². The summed E-state index contributed by atoms with van der Waals surface area (Å²) in [7, 11) is 3.93. The maximum atomic E-state index is 13.5. The lowest BCUT2D eigenvalue weighted by molar-refractivity contribution is 0.102. The quantitative estimate of drug-likeness (QED) is 0.699. The van der Waals surface area contributed by atoms with Crippen LogP contribution in [0.15, 0.2) is 36.4 Å². The van der Waals surface area contributed by atoms with Crippen LogP contribution in [-0.4, -0.2) is 48.3 Å². The normalized spacial score (nSPS) is 10.8. The Hall–Kier alpha value is -3.44. The van der Waals surface area contributed by atoms with E-state index in [1.807, 2.05) is 25.1 Å². The number of aromatic nitrogens is 2. The van der Waals surface area contributed by atoms with Gasteiger partial charge >= 0.3 is 0 Å². The number of carbonyl (C=O) groups is 1. The molecule has 0 radical (unpaired) electrons. The molecule has 27 heavy (non-hydrogen) atoms. The number of ether oxygens (including phenoxy) is 1. The van der Waals surface area contributed by atoms with Crippen LogP contribution in [0.3, 0.4) is 0 Å². The Morgan fingerprint density at radius 3 is 2.89 bits per heavy atom. The van der Waals surface area contributed by atoms with Gasteiger partial charge in [-0.2, -0.15) is 10.4 Å². The third-order valence-corrected chi connectivity index (χ3v) is 3.86. The first kappa shape index (κ1) is 18.4. The highest BCUT2D eigenvalue weighted by atomic mass is 19.1. The lowest BCUT2D eigenvalue weighted by atomic mass is 10.1. The number of likely N-dealkylation sites (N-methyl/N-ethyl adjacent to an activating group) is 1. The Balaban J connectivity index is 1.77. The zero-order chi connectivity index (χ0) is 19.4. The summed E-state index contributed by atoms with van der Waals surface area (Å²) < 4.78 is 19.2. The predicted molar refractivity (Wildman–Crippen MR) is 99.2 cm³/mol. The molecular formula is C19H18FN5O2. The fourth-order valence-electron chi connectivity index (χ4n) is 2.49. The summed E-state index contributed by atoms with van der Waals surface area (Å²) >= 11 is 0. The molecule has 0 bridgehead atoms. The molecule has 138 valence electrons. The van der Waals surface area contributed by atoms with Crippen molar-refractivity contribution in [2.24, 2.45) is 0 Å². The van der Waals surface area contributed by atoms with Crippen LogP contribution in [0.1, 0.15) is 15.9 Å². The van der Waals surface area contributed by atoms with Gasteiger partial charge in [-0.15, -0.1) is 0 Å². The smallest absolute Gasteiger partial charge is 0.257 e.